The molecule has 3 aromatic rings. The summed E-state index contributed by atoms with van der Waals surface area (Å²) in [5.74, 6) is -2.53. The van der Waals surface area contributed by atoms with Gasteiger partial charge in [-0.3, -0.25) is 9.36 Å². The predicted octanol–water partition coefficient (Wildman–Crippen LogP) is 3.77. The minimum atomic E-state index is -4.54. The number of nitrogens with zero attached hydrogens (tertiary/aromatic N) is 3. The smallest absolute Gasteiger partial charge is 0.350 e. The molecule has 0 radical (unpaired) electrons. The van der Waals surface area contributed by atoms with E-state index in [1.165, 1.54) is 16.7 Å². The van der Waals surface area contributed by atoms with Crippen molar-refractivity contribution in [2.45, 2.75) is 31.6 Å². The fourth-order valence-corrected chi connectivity index (χ4v) is 3.30. The van der Waals surface area contributed by atoms with Gasteiger partial charge in [0.05, 0.1) is 17.7 Å². The molecule has 1 saturated carbocycles. The largest absolute Gasteiger partial charge is 0.416 e. The third kappa shape index (κ3) is 4.41. The molecule has 0 atom stereocenters. The van der Waals surface area contributed by atoms with Gasteiger partial charge in [-0.2, -0.15) is 13.2 Å². The Kier molecular flexibility index (Phi) is 5.57. The van der Waals surface area contributed by atoms with Crippen LogP contribution in [0.4, 0.5) is 22.0 Å². The Morgan fingerprint density at radius 3 is 2.53 bits per heavy atom. The topological polar surface area (TPSA) is 68.9 Å². The quantitative estimate of drug-likeness (QED) is 0.579. The Morgan fingerprint density at radius 2 is 1.88 bits per heavy atom. The number of hydrogen-bond acceptors (Lipinski definition) is 3. The zero-order chi connectivity index (χ0) is 23.0. The normalized spacial score (nSPS) is 13.9. The average Bonchev–Trinajstić information content (AvgIpc) is 3.51. The lowest BCUT2D eigenvalue weighted by molar-refractivity contribution is -0.137. The number of carbonyl (C=O) groups excluding carboxylic acids is 1. The average molecular weight is 452 g/mol. The number of rotatable bonds is 6. The molecule has 0 saturated heterocycles. The maximum absolute atomic E-state index is 13.7. The lowest BCUT2D eigenvalue weighted by Crippen LogP contribution is -2.32. The monoisotopic (exact) mass is 452 g/mol. The first-order chi connectivity index (χ1) is 15.1. The predicted molar refractivity (Wildman–Crippen MR) is 104 cm³/mol. The van der Waals surface area contributed by atoms with E-state index >= 15 is 0 Å². The van der Waals surface area contributed by atoms with Crippen molar-refractivity contribution in [1.82, 2.24) is 19.7 Å². The molecule has 1 fully saturated rings. The highest BCUT2D eigenvalue weighted by Crippen LogP contribution is 2.37. The van der Waals surface area contributed by atoms with Crippen LogP contribution in [0.25, 0.3) is 11.4 Å². The van der Waals surface area contributed by atoms with Gasteiger partial charge in [-0.1, -0.05) is 12.1 Å². The second-order valence-electron chi connectivity index (χ2n) is 7.39. The van der Waals surface area contributed by atoms with Crippen LogP contribution in [0.5, 0.6) is 0 Å². The van der Waals surface area contributed by atoms with Crippen molar-refractivity contribution < 1.29 is 26.7 Å². The molecule has 2 aromatic carbocycles. The van der Waals surface area contributed by atoms with Crippen molar-refractivity contribution in [1.29, 1.82) is 0 Å². The van der Waals surface area contributed by atoms with Crippen LogP contribution in [0.15, 0.2) is 47.3 Å². The lowest BCUT2D eigenvalue weighted by atomic mass is 10.1. The maximum Gasteiger partial charge on any atom is 0.416 e. The number of amides is 1. The maximum atomic E-state index is 13.7. The van der Waals surface area contributed by atoms with Gasteiger partial charge in [-0.05, 0) is 37.1 Å². The SMILES string of the molecule is O=C(NCCn1nc(-c2cccc(C(F)(F)F)c2)n(C2CC2)c1=O)c1ccc(F)cc1F. The summed E-state index contributed by atoms with van der Waals surface area (Å²) in [5, 5.41) is 6.61. The number of halogens is 5. The molecule has 6 nitrogen and oxygen atoms in total. The first kappa shape index (κ1) is 21.7. The minimum absolute atomic E-state index is 0.0843. The molecule has 1 aromatic heterocycles. The highest BCUT2D eigenvalue weighted by molar-refractivity contribution is 5.94. The molecule has 0 aliphatic heterocycles. The van der Waals surface area contributed by atoms with E-state index in [-0.39, 0.29) is 36.1 Å². The number of alkyl halides is 3. The van der Waals surface area contributed by atoms with E-state index in [2.05, 4.69) is 10.4 Å². The number of aromatic nitrogens is 3. The first-order valence-corrected chi connectivity index (χ1v) is 9.75. The van der Waals surface area contributed by atoms with Gasteiger partial charge in [-0.15, -0.1) is 5.10 Å². The number of carbonyl (C=O) groups is 1. The molecule has 0 unspecified atom stereocenters. The minimum Gasteiger partial charge on any atom is -0.350 e. The van der Waals surface area contributed by atoms with E-state index in [1.807, 2.05) is 0 Å². The molecule has 1 aliphatic carbocycles. The standard InChI is InChI=1S/C21H17F5N4O2/c22-14-4-7-16(17(23)11-14)19(31)27-8-9-29-20(32)30(15-5-6-15)18(28-29)12-2-1-3-13(10-12)21(24,25)26/h1-4,7,10-11,15H,5-6,8-9H2,(H,27,31). The van der Waals surface area contributed by atoms with Crippen LogP contribution in [0, 0.1) is 11.6 Å². The highest BCUT2D eigenvalue weighted by Gasteiger charge is 2.33. The summed E-state index contributed by atoms with van der Waals surface area (Å²) >= 11 is 0. The third-order valence-corrected chi connectivity index (χ3v) is 5.02. The lowest BCUT2D eigenvalue weighted by Gasteiger charge is -2.09. The molecule has 11 heteroatoms. The summed E-state index contributed by atoms with van der Waals surface area (Å²) in [5.41, 5.74) is -1.57. The molecule has 1 N–H and O–H groups in total. The van der Waals surface area contributed by atoms with Crippen molar-refractivity contribution in [2.75, 3.05) is 6.54 Å². The Bertz CT molecular complexity index is 1230. The zero-order valence-corrected chi connectivity index (χ0v) is 16.5. The second-order valence-corrected chi connectivity index (χ2v) is 7.39. The van der Waals surface area contributed by atoms with Gasteiger partial charge >= 0.3 is 11.9 Å². The molecular formula is C21H17F5N4O2. The van der Waals surface area contributed by atoms with Crippen LogP contribution in [0.2, 0.25) is 0 Å². The molecular weight excluding hydrogens is 435 g/mol. The van der Waals surface area contributed by atoms with E-state index in [1.54, 1.807) is 0 Å². The molecule has 1 aliphatic rings. The van der Waals surface area contributed by atoms with Crippen molar-refractivity contribution >= 4 is 5.91 Å². The van der Waals surface area contributed by atoms with Crippen LogP contribution in [-0.4, -0.2) is 26.8 Å². The van der Waals surface area contributed by atoms with Crippen LogP contribution in [0.3, 0.4) is 0 Å². The molecule has 1 heterocycles. The van der Waals surface area contributed by atoms with Gasteiger partial charge in [0.2, 0.25) is 0 Å². The zero-order valence-electron chi connectivity index (χ0n) is 16.5. The van der Waals surface area contributed by atoms with Crippen LogP contribution in [0.1, 0.15) is 34.8 Å². The highest BCUT2D eigenvalue weighted by atomic mass is 19.4. The molecule has 0 bridgehead atoms. The number of nitrogens with one attached hydrogen (secondary N) is 1. The third-order valence-electron chi connectivity index (χ3n) is 5.02. The van der Waals surface area contributed by atoms with E-state index in [0.29, 0.717) is 18.9 Å². The van der Waals surface area contributed by atoms with Crippen LogP contribution < -0.4 is 11.0 Å². The van der Waals surface area contributed by atoms with E-state index < -0.39 is 35.0 Å². The molecule has 0 spiro atoms. The Labute approximate surface area is 178 Å². The van der Waals surface area contributed by atoms with Gasteiger partial charge in [0.25, 0.3) is 5.91 Å². The van der Waals surface area contributed by atoms with E-state index in [9.17, 15) is 31.5 Å². The number of hydrogen-bond donors (Lipinski definition) is 1. The summed E-state index contributed by atoms with van der Waals surface area (Å²) in [6.07, 6.45) is -3.13. The van der Waals surface area contributed by atoms with E-state index in [4.69, 9.17) is 0 Å². The van der Waals surface area contributed by atoms with Crippen molar-refractivity contribution in [2.24, 2.45) is 0 Å². The molecule has 4 rings (SSSR count). The van der Waals surface area contributed by atoms with Gasteiger partial charge in [0, 0.05) is 24.2 Å². The van der Waals surface area contributed by atoms with Gasteiger partial charge in [0.1, 0.15) is 11.6 Å². The first-order valence-electron chi connectivity index (χ1n) is 9.75. The fourth-order valence-electron chi connectivity index (χ4n) is 3.30. The Balaban J connectivity index is 1.55. The van der Waals surface area contributed by atoms with Gasteiger partial charge < -0.3 is 5.32 Å². The van der Waals surface area contributed by atoms with E-state index in [0.717, 1.165) is 28.9 Å². The van der Waals surface area contributed by atoms with Gasteiger partial charge in [0.15, 0.2) is 5.82 Å². The Morgan fingerprint density at radius 1 is 1.12 bits per heavy atom. The Hall–Kier alpha value is -3.50. The molecule has 32 heavy (non-hydrogen) atoms. The second kappa shape index (κ2) is 8.21. The summed E-state index contributed by atoms with van der Waals surface area (Å²) in [6, 6.07) is 6.94. The van der Waals surface area contributed by atoms with Crippen LogP contribution in [-0.2, 0) is 12.7 Å². The summed E-state index contributed by atoms with van der Waals surface area (Å²) in [6.45, 7) is -0.182. The van der Waals surface area contributed by atoms with Crippen LogP contribution >= 0.6 is 0 Å². The number of benzene rings is 2. The molecule has 168 valence electrons. The van der Waals surface area contributed by atoms with Crippen molar-refractivity contribution in [3.63, 3.8) is 0 Å². The fraction of sp³-hybridized carbons (Fsp3) is 0.286. The van der Waals surface area contributed by atoms with Gasteiger partial charge in [-0.25, -0.2) is 18.3 Å². The summed E-state index contributed by atoms with van der Waals surface area (Å²) in [7, 11) is 0. The summed E-state index contributed by atoms with van der Waals surface area (Å²) < 4.78 is 68.4. The van der Waals surface area contributed by atoms with Crippen molar-refractivity contribution in [3.05, 3.63) is 75.7 Å². The summed E-state index contributed by atoms with van der Waals surface area (Å²) in [4.78, 5) is 24.9. The molecule has 1 amide bonds. The van der Waals surface area contributed by atoms with Crippen molar-refractivity contribution in [3.8, 4) is 11.4 Å².